The smallest absolute Gasteiger partial charge is 0.416 e. The summed E-state index contributed by atoms with van der Waals surface area (Å²) in [4.78, 5) is 17.5. The summed E-state index contributed by atoms with van der Waals surface area (Å²) in [7, 11) is 0. The van der Waals surface area contributed by atoms with Crippen LogP contribution in [-0.4, -0.2) is 86.7 Å². The van der Waals surface area contributed by atoms with Gasteiger partial charge in [0.15, 0.2) is 5.17 Å². The number of alkyl halides is 1. The first-order valence-electron chi connectivity index (χ1n) is 7.61. The van der Waals surface area contributed by atoms with Crippen molar-refractivity contribution in [2.45, 2.75) is 56.2 Å². The molecule has 2 aliphatic heterocycles. The van der Waals surface area contributed by atoms with Crippen LogP contribution in [0.5, 0.6) is 0 Å². The minimum Gasteiger partial charge on any atom is -0.443 e. The molecule has 1 amide bonds. The first-order chi connectivity index (χ1) is 11.2. The first-order valence-corrected chi connectivity index (χ1v) is 8.49. The number of ether oxygens (including phenoxy) is 2. The third-order valence-electron chi connectivity index (χ3n) is 3.48. The van der Waals surface area contributed by atoms with Gasteiger partial charge in [0.25, 0.3) is 0 Å². The number of rotatable bonds is 3. The first kappa shape index (κ1) is 19.4. The number of hydrogen-bond donors (Lipinski definition) is 3. The average Bonchev–Trinajstić information content (AvgIpc) is 2.90. The number of aliphatic hydroxyl groups excluding tert-OH is 3. The summed E-state index contributed by atoms with van der Waals surface area (Å²) in [5.41, 5.74) is -1.43. The van der Waals surface area contributed by atoms with E-state index in [4.69, 9.17) is 9.47 Å². The quantitative estimate of drug-likeness (QED) is 0.650. The lowest BCUT2D eigenvalue weighted by Gasteiger charge is -2.37. The maximum absolute atomic E-state index is 12.8. The Labute approximate surface area is 143 Å². The number of aliphatic hydroxyl groups is 3. The highest BCUT2D eigenvalue weighted by atomic mass is 32.2. The third kappa shape index (κ3) is 4.17. The highest BCUT2D eigenvalue weighted by Gasteiger charge is 2.49. The molecule has 0 aromatic rings. The molecule has 2 aliphatic rings. The van der Waals surface area contributed by atoms with Crippen molar-refractivity contribution in [3.05, 3.63) is 0 Å². The normalized spacial score (nSPS) is 33.0. The summed E-state index contributed by atoms with van der Waals surface area (Å²) in [6.07, 6.45) is -4.24. The number of carbonyl (C=O) groups excluding carboxylic acids is 1. The number of nitrogens with zero attached hydrogens (tertiary/aromatic N) is 2. The van der Waals surface area contributed by atoms with Crippen molar-refractivity contribution in [1.29, 1.82) is 0 Å². The number of amides is 1. The van der Waals surface area contributed by atoms with E-state index in [2.05, 4.69) is 4.99 Å². The third-order valence-corrected chi connectivity index (χ3v) is 4.64. The molecule has 0 aromatic heterocycles. The van der Waals surface area contributed by atoms with Gasteiger partial charge in [-0.25, -0.2) is 9.18 Å². The van der Waals surface area contributed by atoms with Crippen LogP contribution in [0.2, 0.25) is 0 Å². The fraction of sp³-hybridized carbons (Fsp3) is 0.857. The second kappa shape index (κ2) is 7.52. The van der Waals surface area contributed by atoms with Crippen LogP contribution in [0, 0.1) is 0 Å². The maximum atomic E-state index is 12.8. The lowest BCUT2D eigenvalue weighted by molar-refractivity contribution is -0.164. The molecule has 0 aromatic carbocycles. The van der Waals surface area contributed by atoms with Crippen LogP contribution in [-0.2, 0) is 9.47 Å². The lowest BCUT2D eigenvalue weighted by Crippen LogP contribution is -2.55. The van der Waals surface area contributed by atoms with E-state index in [0.717, 1.165) is 16.7 Å². The monoisotopic (exact) mass is 366 g/mol. The Morgan fingerprint density at radius 1 is 1.42 bits per heavy atom. The SMILES string of the molecule is CC(C)(C)OC(=O)N(CCF)C1=NC2C(OC(CO)C(O)C2O)S1. The van der Waals surface area contributed by atoms with E-state index in [0.29, 0.717) is 0 Å². The average molecular weight is 366 g/mol. The zero-order valence-electron chi connectivity index (χ0n) is 13.8. The molecular weight excluding hydrogens is 343 g/mol. The summed E-state index contributed by atoms with van der Waals surface area (Å²) in [5.74, 6) is 0. The molecule has 2 heterocycles. The molecule has 1 saturated heterocycles. The molecule has 0 saturated carbocycles. The van der Waals surface area contributed by atoms with Gasteiger partial charge in [0.2, 0.25) is 0 Å². The number of thioether (sulfide) groups is 1. The zero-order chi connectivity index (χ0) is 18.1. The highest BCUT2D eigenvalue weighted by Crippen LogP contribution is 2.37. The van der Waals surface area contributed by atoms with Gasteiger partial charge in [-0.15, -0.1) is 0 Å². The summed E-state index contributed by atoms with van der Waals surface area (Å²) >= 11 is 1.03. The summed E-state index contributed by atoms with van der Waals surface area (Å²) in [6.45, 7) is 3.57. The Bertz CT molecular complexity index is 500. The van der Waals surface area contributed by atoms with E-state index in [9.17, 15) is 24.5 Å². The number of hydrogen-bond acceptors (Lipinski definition) is 8. The second-order valence-corrected chi connectivity index (χ2v) is 7.61. The summed E-state index contributed by atoms with van der Waals surface area (Å²) < 4.78 is 23.6. The molecule has 2 rings (SSSR count). The predicted octanol–water partition coefficient (Wildman–Crippen LogP) is 0.103. The van der Waals surface area contributed by atoms with Crippen LogP contribution in [0.15, 0.2) is 4.99 Å². The molecule has 0 aliphatic carbocycles. The molecule has 3 N–H and O–H groups in total. The van der Waals surface area contributed by atoms with Gasteiger partial charge in [-0.05, 0) is 20.8 Å². The molecule has 10 heteroatoms. The molecule has 5 unspecified atom stereocenters. The minimum atomic E-state index is -1.30. The Kier molecular flexibility index (Phi) is 6.08. The van der Waals surface area contributed by atoms with Gasteiger partial charge in [-0.1, -0.05) is 11.8 Å². The van der Waals surface area contributed by atoms with Crippen LogP contribution < -0.4 is 0 Å². The van der Waals surface area contributed by atoms with Crippen molar-refractivity contribution in [3.63, 3.8) is 0 Å². The molecule has 24 heavy (non-hydrogen) atoms. The van der Waals surface area contributed by atoms with Crippen molar-refractivity contribution in [2.24, 2.45) is 4.99 Å². The fourth-order valence-electron chi connectivity index (χ4n) is 2.36. The Balaban J connectivity index is 2.16. The van der Waals surface area contributed by atoms with E-state index in [1.807, 2.05) is 0 Å². The molecule has 1 fully saturated rings. The maximum Gasteiger partial charge on any atom is 0.416 e. The minimum absolute atomic E-state index is 0.154. The highest BCUT2D eigenvalue weighted by molar-refractivity contribution is 8.14. The number of fused-ring (bicyclic) bond motifs is 1. The van der Waals surface area contributed by atoms with Crippen molar-refractivity contribution in [2.75, 3.05) is 19.8 Å². The van der Waals surface area contributed by atoms with Gasteiger partial charge in [0, 0.05) is 0 Å². The van der Waals surface area contributed by atoms with E-state index in [-0.39, 0.29) is 11.7 Å². The molecule has 0 spiro atoms. The number of aliphatic imine (C=N–C) groups is 1. The Morgan fingerprint density at radius 3 is 2.62 bits per heavy atom. The largest absolute Gasteiger partial charge is 0.443 e. The summed E-state index contributed by atoms with van der Waals surface area (Å²) in [5, 5.41) is 29.4. The summed E-state index contributed by atoms with van der Waals surface area (Å²) in [6, 6.07) is -0.813. The van der Waals surface area contributed by atoms with Gasteiger partial charge in [0.1, 0.15) is 42.1 Å². The van der Waals surface area contributed by atoms with Crippen molar-refractivity contribution in [1.82, 2.24) is 4.90 Å². The number of carbonyl (C=O) groups is 1. The fourth-order valence-corrected chi connectivity index (χ4v) is 3.61. The van der Waals surface area contributed by atoms with Crippen LogP contribution in [0.4, 0.5) is 9.18 Å². The molecule has 0 bridgehead atoms. The van der Waals surface area contributed by atoms with Crippen molar-refractivity contribution >= 4 is 23.0 Å². The molecule has 8 nitrogen and oxygen atoms in total. The van der Waals surface area contributed by atoms with E-state index >= 15 is 0 Å². The topological polar surface area (TPSA) is 112 Å². The Morgan fingerprint density at radius 2 is 2.08 bits per heavy atom. The van der Waals surface area contributed by atoms with Crippen LogP contribution in [0.3, 0.4) is 0 Å². The Hall–Kier alpha value is -0.940. The molecule has 5 atom stereocenters. The van der Waals surface area contributed by atoms with Crippen LogP contribution in [0.25, 0.3) is 0 Å². The van der Waals surface area contributed by atoms with Crippen LogP contribution in [0.1, 0.15) is 20.8 Å². The molecule has 138 valence electrons. The molecular formula is C14H23FN2O6S. The van der Waals surface area contributed by atoms with E-state index in [1.54, 1.807) is 20.8 Å². The van der Waals surface area contributed by atoms with Gasteiger partial charge < -0.3 is 24.8 Å². The van der Waals surface area contributed by atoms with Gasteiger partial charge in [0.05, 0.1) is 13.2 Å². The van der Waals surface area contributed by atoms with E-state index < -0.39 is 54.8 Å². The van der Waals surface area contributed by atoms with Gasteiger partial charge >= 0.3 is 6.09 Å². The van der Waals surface area contributed by atoms with Crippen LogP contribution >= 0.6 is 11.8 Å². The predicted molar refractivity (Wildman–Crippen MR) is 85.5 cm³/mol. The number of amidine groups is 1. The van der Waals surface area contributed by atoms with Crippen molar-refractivity contribution in [3.8, 4) is 0 Å². The zero-order valence-corrected chi connectivity index (χ0v) is 14.6. The van der Waals surface area contributed by atoms with Gasteiger partial charge in [-0.3, -0.25) is 9.89 Å². The molecule has 0 radical (unpaired) electrons. The number of halogens is 1. The lowest BCUT2D eigenvalue weighted by atomic mass is 9.99. The standard InChI is InChI=1S/C14H23FN2O6S/c1-14(2,3)23-13(21)17(5-4-15)12-16-8-10(20)9(19)7(6-18)22-11(8)24-12/h7-11,18-20H,4-6H2,1-3H3. The second-order valence-electron chi connectivity index (χ2n) is 6.55. The van der Waals surface area contributed by atoms with Gasteiger partial charge in [-0.2, -0.15) is 0 Å². The van der Waals surface area contributed by atoms with E-state index in [1.165, 1.54) is 0 Å². The van der Waals surface area contributed by atoms with Crippen molar-refractivity contribution < 1.29 is 34.0 Å².